The summed E-state index contributed by atoms with van der Waals surface area (Å²) in [5.74, 6) is 0.414. The minimum Gasteiger partial charge on any atom is -0.379 e. The Morgan fingerprint density at radius 2 is 1.79 bits per heavy atom. The van der Waals surface area contributed by atoms with Crippen molar-refractivity contribution in [3.05, 3.63) is 59.1 Å². The first-order chi connectivity index (χ1) is 16.4. The van der Waals surface area contributed by atoms with Crippen LogP contribution in [0.25, 0.3) is 11.3 Å². The van der Waals surface area contributed by atoms with Gasteiger partial charge in [0, 0.05) is 37.8 Å². The van der Waals surface area contributed by atoms with E-state index in [9.17, 15) is 18.0 Å². The van der Waals surface area contributed by atoms with Gasteiger partial charge in [0.1, 0.15) is 0 Å². The standard InChI is InChI=1S/C23H24F3N5O3/c24-23(25,26)17-4-2-16(3-5-17)20-12-18-14-30(6-1-7-31(18)27-20)22(32)21-13-19(34-28-21)15-29-8-10-33-11-9-29/h2-5,12-13H,1,6-11,14-15H2. The number of ether oxygens (including phenoxy) is 1. The highest BCUT2D eigenvalue weighted by molar-refractivity contribution is 5.92. The molecule has 0 radical (unpaired) electrons. The molecule has 11 heteroatoms. The Hall–Kier alpha value is -3.18. The van der Waals surface area contributed by atoms with Crippen LogP contribution in [0.4, 0.5) is 13.2 Å². The lowest BCUT2D eigenvalue weighted by Gasteiger charge is -2.25. The maximum absolute atomic E-state index is 13.1. The molecular weight excluding hydrogens is 451 g/mol. The van der Waals surface area contributed by atoms with E-state index < -0.39 is 11.7 Å². The monoisotopic (exact) mass is 475 g/mol. The number of aromatic nitrogens is 3. The molecule has 1 aromatic carbocycles. The maximum Gasteiger partial charge on any atom is 0.416 e. The molecule has 0 bridgehead atoms. The average molecular weight is 475 g/mol. The Kier molecular flexibility index (Phi) is 6.13. The quantitative estimate of drug-likeness (QED) is 0.576. The number of nitrogens with zero attached hydrogens (tertiary/aromatic N) is 5. The summed E-state index contributed by atoms with van der Waals surface area (Å²) in [4.78, 5) is 17.0. The van der Waals surface area contributed by atoms with Crippen LogP contribution in [0.2, 0.25) is 0 Å². The molecule has 34 heavy (non-hydrogen) atoms. The highest BCUT2D eigenvalue weighted by Crippen LogP contribution is 2.31. The molecule has 0 spiro atoms. The van der Waals surface area contributed by atoms with Crippen molar-refractivity contribution in [2.75, 3.05) is 32.8 Å². The van der Waals surface area contributed by atoms with Gasteiger partial charge in [-0.05, 0) is 24.6 Å². The summed E-state index contributed by atoms with van der Waals surface area (Å²) in [6.45, 7) is 5.03. The van der Waals surface area contributed by atoms with Gasteiger partial charge in [0.2, 0.25) is 0 Å². The minimum atomic E-state index is -4.38. The van der Waals surface area contributed by atoms with Crippen molar-refractivity contribution in [3.8, 4) is 11.3 Å². The fourth-order valence-corrected chi connectivity index (χ4v) is 4.24. The van der Waals surface area contributed by atoms with Gasteiger partial charge in [0.15, 0.2) is 11.5 Å². The molecule has 0 atom stereocenters. The molecule has 8 nitrogen and oxygen atoms in total. The number of halogens is 3. The van der Waals surface area contributed by atoms with Crippen LogP contribution < -0.4 is 0 Å². The molecule has 2 aliphatic heterocycles. The zero-order chi connectivity index (χ0) is 23.7. The lowest BCUT2D eigenvalue weighted by Crippen LogP contribution is -2.35. The first-order valence-electron chi connectivity index (χ1n) is 11.2. The topological polar surface area (TPSA) is 76.6 Å². The molecule has 4 heterocycles. The van der Waals surface area contributed by atoms with E-state index in [-0.39, 0.29) is 11.6 Å². The predicted molar refractivity (Wildman–Crippen MR) is 115 cm³/mol. The molecule has 2 aromatic heterocycles. The number of amides is 1. The van der Waals surface area contributed by atoms with Crippen LogP contribution >= 0.6 is 0 Å². The van der Waals surface area contributed by atoms with Gasteiger partial charge < -0.3 is 14.2 Å². The molecule has 0 saturated carbocycles. The van der Waals surface area contributed by atoms with Crippen molar-refractivity contribution in [3.63, 3.8) is 0 Å². The summed E-state index contributed by atoms with van der Waals surface area (Å²) in [5, 5.41) is 8.54. The molecule has 180 valence electrons. The lowest BCUT2D eigenvalue weighted by atomic mass is 10.1. The highest BCUT2D eigenvalue weighted by Gasteiger charge is 2.30. The average Bonchev–Trinajstić information content (AvgIpc) is 3.41. The molecule has 2 aliphatic rings. The summed E-state index contributed by atoms with van der Waals surface area (Å²) < 4.78 is 51.1. The number of morpholine rings is 1. The number of carbonyl (C=O) groups excluding carboxylic acids is 1. The number of carbonyl (C=O) groups is 1. The molecule has 1 amide bonds. The lowest BCUT2D eigenvalue weighted by molar-refractivity contribution is -0.137. The first kappa shape index (κ1) is 22.6. The number of aryl methyl sites for hydroxylation is 1. The molecule has 1 saturated heterocycles. The summed E-state index contributed by atoms with van der Waals surface area (Å²) in [6, 6.07) is 8.44. The van der Waals surface area contributed by atoms with Gasteiger partial charge in [-0.2, -0.15) is 18.3 Å². The summed E-state index contributed by atoms with van der Waals surface area (Å²) >= 11 is 0. The van der Waals surface area contributed by atoms with Crippen LogP contribution in [0.1, 0.15) is 33.9 Å². The first-order valence-corrected chi connectivity index (χ1v) is 11.2. The molecular formula is C23H24F3N5O3. The zero-order valence-corrected chi connectivity index (χ0v) is 18.4. The fourth-order valence-electron chi connectivity index (χ4n) is 4.24. The fraction of sp³-hybridized carbons (Fsp3) is 0.435. The molecule has 0 N–H and O–H groups in total. The van der Waals surface area contributed by atoms with Gasteiger partial charge in [0.25, 0.3) is 5.91 Å². The molecule has 3 aromatic rings. The minimum absolute atomic E-state index is 0.220. The SMILES string of the molecule is O=C(c1cc(CN2CCOCC2)on1)N1CCCn2nc(-c3ccc(C(F)(F)F)cc3)cc2C1. The Labute approximate surface area is 193 Å². The van der Waals surface area contributed by atoms with Gasteiger partial charge >= 0.3 is 6.18 Å². The molecule has 1 fully saturated rings. The van der Waals surface area contributed by atoms with Crippen molar-refractivity contribution < 1.29 is 27.2 Å². The summed E-state index contributed by atoms with van der Waals surface area (Å²) in [6.07, 6.45) is -3.68. The van der Waals surface area contributed by atoms with E-state index in [0.717, 1.165) is 30.9 Å². The Morgan fingerprint density at radius 1 is 1.03 bits per heavy atom. The second-order valence-electron chi connectivity index (χ2n) is 8.47. The van der Waals surface area contributed by atoms with Crippen LogP contribution in [0, 0.1) is 0 Å². The maximum atomic E-state index is 13.1. The number of hydrogen-bond acceptors (Lipinski definition) is 6. The van der Waals surface area contributed by atoms with Gasteiger partial charge in [-0.15, -0.1) is 0 Å². The van der Waals surface area contributed by atoms with Gasteiger partial charge in [-0.1, -0.05) is 17.3 Å². The van der Waals surface area contributed by atoms with Crippen LogP contribution in [0.3, 0.4) is 0 Å². The Bertz CT molecular complexity index is 1150. The number of benzene rings is 1. The van der Waals surface area contributed by atoms with E-state index in [2.05, 4.69) is 15.2 Å². The smallest absolute Gasteiger partial charge is 0.379 e. The van der Waals surface area contributed by atoms with Gasteiger partial charge in [-0.3, -0.25) is 14.4 Å². The molecule has 0 aliphatic carbocycles. The summed E-state index contributed by atoms with van der Waals surface area (Å²) in [7, 11) is 0. The van der Waals surface area contributed by atoms with Crippen LogP contribution in [-0.4, -0.2) is 63.5 Å². The van der Waals surface area contributed by atoms with E-state index in [4.69, 9.17) is 9.26 Å². The predicted octanol–water partition coefficient (Wildman–Crippen LogP) is 3.44. The summed E-state index contributed by atoms with van der Waals surface area (Å²) in [5.41, 5.74) is 1.55. The van der Waals surface area contributed by atoms with Crippen molar-refractivity contribution in [2.24, 2.45) is 0 Å². The molecule has 0 unspecified atom stereocenters. The second kappa shape index (κ2) is 9.22. The van der Waals surface area contributed by atoms with Gasteiger partial charge in [0.05, 0.1) is 43.3 Å². The Balaban J connectivity index is 1.28. The van der Waals surface area contributed by atoms with E-state index in [0.29, 0.717) is 62.8 Å². The number of rotatable bonds is 4. The van der Waals surface area contributed by atoms with E-state index in [1.165, 1.54) is 12.1 Å². The van der Waals surface area contributed by atoms with E-state index >= 15 is 0 Å². The van der Waals surface area contributed by atoms with Crippen LogP contribution in [0.5, 0.6) is 0 Å². The van der Waals surface area contributed by atoms with Crippen molar-refractivity contribution in [1.29, 1.82) is 0 Å². The third kappa shape index (κ3) is 4.85. The molecule has 5 rings (SSSR count). The van der Waals surface area contributed by atoms with Crippen LogP contribution in [0.15, 0.2) is 40.9 Å². The number of hydrogen-bond donors (Lipinski definition) is 0. The largest absolute Gasteiger partial charge is 0.416 e. The zero-order valence-electron chi connectivity index (χ0n) is 18.4. The second-order valence-corrected chi connectivity index (χ2v) is 8.47. The third-order valence-corrected chi connectivity index (χ3v) is 6.07. The van der Waals surface area contributed by atoms with Gasteiger partial charge in [-0.25, -0.2) is 0 Å². The third-order valence-electron chi connectivity index (χ3n) is 6.07. The van der Waals surface area contributed by atoms with Crippen molar-refractivity contribution in [1.82, 2.24) is 24.7 Å². The van der Waals surface area contributed by atoms with E-state index in [1.54, 1.807) is 11.0 Å². The number of alkyl halides is 3. The highest BCUT2D eigenvalue weighted by atomic mass is 19.4. The Morgan fingerprint density at radius 3 is 2.53 bits per heavy atom. The van der Waals surface area contributed by atoms with Crippen LogP contribution in [-0.2, 0) is 30.5 Å². The number of fused-ring (bicyclic) bond motifs is 1. The van der Waals surface area contributed by atoms with Crippen molar-refractivity contribution >= 4 is 5.91 Å². The van der Waals surface area contributed by atoms with E-state index in [1.807, 2.05) is 10.7 Å². The normalized spacial score (nSPS) is 17.4. The van der Waals surface area contributed by atoms with Crippen molar-refractivity contribution in [2.45, 2.75) is 32.2 Å².